The summed E-state index contributed by atoms with van der Waals surface area (Å²) in [6.45, 7) is 0. The number of H-pyrrole nitrogens is 1. The van der Waals surface area contributed by atoms with E-state index in [9.17, 15) is 4.79 Å². The van der Waals surface area contributed by atoms with Gasteiger partial charge in [-0.2, -0.15) is 0 Å². The van der Waals surface area contributed by atoms with Gasteiger partial charge in [-0.25, -0.2) is 9.97 Å². The maximum absolute atomic E-state index is 12.2. The fraction of sp³-hybridized carbons (Fsp3) is 0.150. The first-order valence-electron chi connectivity index (χ1n) is 9.37. The van der Waals surface area contributed by atoms with Crippen molar-refractivity contribution in [3.8, 4) is 0 Å². The maximum atomic E-state index is 12.2. The Hall–Kier alpha value is -2.95. The zero-order valence-corrected chi connectivity index (χ0v) is 18.4. The number of aromatic amines is 1. The van der Waals surface area contributed by atoms with Crippen molar-refractivity contribution >= 4 is 67.0 Å². The third-order valence-electron chi connectivity index (χ3n) is 4.39. The number of aromatic nitrogens is 5. The molecule has 0 spiro atoms. The first-order chi connectivity index (χ1) is 15.1. The summed E-state index contributed by atoms with van der Waals surface area (Å²) in [5, 5.41) is 12.4. The lowest BCUT2D eigenvalue weighted by atomic mass is 10.3. The normalized spacial score (nSPS) is 11.4. The Morgan fingerprint density at radius 2 is 2.03 bits per heavy atom. The molecule has 0 aliphatic carbocycles. The Morgan fingerprint density at radius 3 is 2.94 bits per heavy atom. The van der Waals surface area contributed by atoms with Crippen LogP contribution in [-0.2, 0) is 17.6 Å². The summed E-state index contributed by atoms with van der Waals surface area (Å²) < 4.78 is 6.55. The molecule has 0 bridgehead atoms. The topological polar surface area (TPSA) is 110 Å². The van der Waals surface area contributed by atoms with Gasteiger partial charge in [0.25, 0.3) is 5.22 Å². The molecule has 0 aliphatic rings. The molecule has 5 rings (SSSR count). The number of rotatable bonds is 7. The minimum atomic E-state index is -0.197. The van der Waals surface area contributed by atoms with E-state index in [0.29, 0.717) is 34.1 Å². The monoisotopic (exact) mass is 470 g/mol. The van der Waals surface area contributed by atoms with Crippen LogP contribution in [0, 0.1) is 0 Å². The summed E-state index contributed by atoms with van der Waals surface area (Å²) in [5.41, 5.74) is 2.73. The number of nitrogens with zero attached hydrogens (tertiary/aromatic N) is 4. The predicted molar refractivity (Wildman–Crippen MR) is 122 cm³/mol. The highest BCUT2D eigenvalue weighted by molar-refractivity contribution is 7.99. The predicted octanol–water partition coefficient (Wildman–Crippen LogP) is 4.73. The number of benzene rings is 2. The van der Waals surface area contributed by atoms with Crippen LogP contribution in [0.25, 0.3) is 21.3 Å². The lowest BCUT2D eigenvalue weighted by molar-refractivity contribution is -0.113. The highest BCUT2D eigenvalue weighted by Crippen LogP contribution is 2.28. The third kappa shape index (κ3) is 4.71. The van der Waals surface area contributed by atoms with Crippen LogP contribution in [0.4, 0.5) is 5.13 Å². The van der Waals surface area contributed by atoms with E-state index in [1.807, 2.05) is 36.4 Å². The second-order valence-electron chi connectivity index (χ2n) is 6.63. The Labute approximate surface area is 189 Å². The Morgan fingerprint density at radius 1 is 1.13 bits per heavy atom. The van der Waals surface area contributed by atoms with E-state index in [1.165, 1.54) is 23.1 Å². The van der Waals surface area contributed by atoms with Crippen molar-refractivity contribution < 1.29 is 9.21 Å². The molecule has 2 aromatic carbocycles. The van der Waals surface area contributed by atoms with Gasteiger partial charge in [-0.1, -0.05) is 46.8 Å². The quantitative estimate of drug-likeness (QED) is 0.331. The Balaban J connectivity index is 1.13. The molecule has 0 saturated heterocycles. The zero-order valence-electron chi connectivity index (χ0n) is 16.0. The van der Waals surface area contributed by atoms with Gasteiger partial charge in [0.15, 0.2) is 5.13 Å². The van der Waals surface area contributed by atoms with Crippen molar-refractivity contribution in [2.45, 2.75) is 18.1 Å². The molecule has 0 unspecified atom stereocenters. The number of para-hydroxylation sites is 2. The van der Waals surface area contributed by atoms with Crippen LogP contribution in [0.5, 0.6) is 0 Å². The summed E-state index contributed by atoms with van der Waals surface area (Å²) >= 11 is 8.55. The standard InChI is InChI=1S/C20H15ClN6O2S2/c21-11-5-6-14-15(9-11)31-19(24-14)25-17(28)10-30-20-27-26-18(29-20)8-7-16-22-12-3-1-2-4-13(12)23-16/h1-6,9H,7-8,10H2,(H,22,23)(H,24,25,28). The molecule has 2 N–H and O–H groups in total. The molecule has 5 aromatic rings. The number of carbonyl (C=O) groups excluding carboxylic acids is 1. The highest BCUT2D eigenvalue weighted by atomic mass is 35.5. The molecule has 0 aliphatic heterocycles. The minimum Gasteiger partial charge on any atom is -0.416 e. The molecule has 0 fully saturated rings. The number of imidazole rings is 1. The van der Waals surface area contributed by atoms with Crippen LogP contribution >= 0.6 is 34.7 Å². The van der Waals surface area contributed by atoms with E-state index in [2.05, 4.69) is 30.5 Å². The van der Waals surface area contributed by atoms with Crippen LogP contribution in [-0.4, -0.2) is 36.8 Å². The van der Waals surface area contributed by atoms with Gasteiger partial charge < -0.3 is 14.7 Å². The van der Waals surface area contributed by atoms with Crippen LogP contribution < -0.4 is 5.32 Å². The van der Waals surface area contributed by atoms with Crippen molar-refractivity contribution in [3.05, 3.63) is 59.2 Å². The van der Waals surface area contributed by atoms with Gasteiger partial charge >= 0.3 is 0 Å². The number of nitrogens with one attached hydrogen (secondary N) is 2. The Kier molecular flexibility index (Phi) is 5.58. The number of thioether (sulfide) groups is 1. The molecule has 0 atom stereocenters. The maximum Gasteiger partial charge on any atom is 0.277 e. The number of aryl methyl sites for hydroxylation is 2. The number of fused-ring (bicyclic) bond motifs is 2. The summed E-state index contributed by atoms with van der Waals surface area (Å²) in [5.74, 6) is 1.32. The van der Waals surface area contributed by atoms with Gasteiger partial charge in [-0.05, 0) is 30.3 Å². The van der Waals surface area contributed by atoms with Gasteiger partial charge in [-0.3, -0.25) is 4.79 Å². The average molecular weight is 471 g/mol. The SMILES string of the molecule is O=C(CSc1nnc(CCc2nc3ccccc3[nH]2)o1)Nc1nc2ccc(Cl)cc2s1. The lowest BCUT2D eigenvalue weighted by Crippen LogP contribution is -2.13. The fourth-order valence-corrected chi connectivity index (χ4v) is 4.72. The van der Waals surface area contributed by atoms with E-state index in [4.69, 9.17) is 16.0 Å². The number of hydrogen-bond acceptors (Lipinski definition) is 8. The van der Waals surface area contributed by atoms with Gasteiger partial charge in [0.05, 0.1) is 27.0 Å². The van der Waals surface area contributed by atoms with Crippen LogP contribution in [0.15, 0.2) is 52.1 Å². The van der Waals surface area contributed by atoms with Gasteiger partial charge in [0.2, 0.25) is 11.8 Å². The van der Waals surface area contributed by atoms with E-state index >= 15 is 0 Å². The lowest BCUT2D eigenvalue weighted by Gasteiger charge is -1.98. The second-order valence-corrected chi connectivity index (χ2v) is 9.02. The largest absolute Gasteiger partial charge is 0.416 e. The third-order valence-corrected chi connectivity index (χ3v) is 6.37. The highest BCUT2D eigenvalue weighted by Gasteiger charge is 2.13. The molecule has 0 radical (unpaired) electrons. The van der Waals surface area contributed by atoms with E-state index in [1.54, 1.807) is 6.07 Å². The number of halogens is 1. The van der Waals surface area contributed by atoms with Gasteiger partial charge in [-0.15, -0.1) is 10.2 Å². The number of carbonyl (C=O) groups is 1. The molecule has 8 nitrogen and oxygen atoms in total. The molecular weight excluding hydrogens is 456 g/mol. The second kappa shape index (κ2) is 8.66. The van der Waals surface area contributed by atoms with Crippen molar-refractivity contribution in [3.63, 3.8) is 0 Å². The molecular formula is C20H15ClN6O2S2. The summed E-state index contributed by atoms with van der Waals surface area (Å²) in [6, 6.07) is 13.3. The summed E-state index contributed by atoms with van der Waals surface area (Å²) in [7, 11) is 0. The van der Waals surface area contributed by atoms with Crippen LogP contribution in [0.1, 0.15) is 11.7 Å². The van der Waals surface area contributed by atoms with Crippen molar-refractivity contribution in [2.75, 3.05) is 11.1 Å². The first kappa shape index (κ1) is 20.0. The number of amides is 1. The van der Waals surface area contributed by atoms with E-state index in [-0.39, 0.29) is 11.7 Å². The van der Waals surface area contributed by atoms with Gasteiger partial charge in [0, 0.05) is 17.9 Å². The number of anilines is 1. The molecule has 11 heteroatoms. The number of hydrogen-bond donors (Lipinski definition) is 2. The zero-order chi connectivity index (χ0) is 21.2. The first-order valence-corrected chi connectivity index (χ1v) is 11.6. The van der Waals surface area contributed by atoms with Gasteiger partial charge in [0.1, 0.15) is 5.82 Å². The molecule has 0 saturated carbocycles. The molecule has 3 heterocycles. The minimum absolute atomic E-state index is 0.141. The van der Waals surface area contributed by atoms with Crippen LogP contribution in [0.2, 0.25) is 5.02 Å². The van der Waals surface area contributed by atoms with E-state index in [0.717, 1.165) is 27.1 Å². The average Bonchev–Trinajstić information content (AvgIpc) is 3.47. The van der Waals surface area contributed by atoms with Crippen molar-refractivity contribution in [1.29, 1.82) is 0 Å². The molecule has 3 aromatic heterocycles. The van der Waals surface area contributed by atoms with Crippen LogP contribution in [0.3, 0.4) is 0 Å². The number of thiazole rings is 1. The Bertz CT molecular complexity index is 1350. The molecule has 1 amide bonds. The molecule has 31 heavy (non-hydrogen) atoms. The summed E-state index contributed by atoms with van der Waals surface area (Å²) in [4.78, 5) is 24.4. The van der Waals surface area contributed by atoms with Crippen molar-refractivity contribution in [1.82, 2.24) is 25.1 Å². The van der Waals surface area contributed by atoms with Crippen molar-refractivity contribution in [2.24, 2.45) is 0 Å². The fourth-order valence-electron chi connectivity index (χ4n) is 2.98. The summed E-state index contributed by atoms with van der Waals surface area (Å²) in [6.07, 6.45) is 1.22. The molecule has 156 valence electrons. The van der Waals surface area contributed by atoms with E-state index < -0.39 is 0 Å². The smallest absolute Gasteiger partial charge is 0.277 e.